The molecule has 1 unspecified atom stereocenters. The minimum atomic E-state index is 0.0219. The molecule has 1 aromatic carbocycles. The zero-order chi connectivity index (χ0) is 16.5. The minimum Gasteiger partial charge on any atom is -0.413 e. The maximum atomic E-state index is 9.62. The fourth-order valence-electron chi connectivity index (χ4n) is 2.18. The van der Waals surface area contributed by atoms with E-state index >= 15 is 0 Å². The number of nitrogens with zero attached hydrogens (tertiary/aromatic N) is 1. The average molecular weight is 370 g/mol. The van der Waals surface area contributed by atoms with E-state index in [4.69, 9.17) is 4.84 Å². The molecular formula is C18H28BrNO2. The minimum absolute atomic E-state index is 0.0219. The summed E-state index contributed by atoms with van der Waals surface area (Å²) in [6, 6.07) is 10.2. The Hall–Kier alpha value is -0.840. The number of hydroxylamine groups is 2. The Kier molecular flexibility index (Phi) is 8.76. The first-order valence-electron chi connectivity index (χ1n) is 7.89. The van der Waals surface area contributed by atoms with E-state index in [0.29, 0.717) is 10.7 Å². The molecule has 0 bridgehead atoms. The summed E-state index contributed by atoms with van der Waals surface area (Å²) >= 11 is 3.62. The molecule has 0 aliphatic rings. The van der Waals surface area contributed by atoms with Crippen LogP contribution >= 0.6 is 15.9 Å². The third kappa shape index (κ3) is 6.11. The lowest BCUT2D eigenvalue weighted by Crippen LogP contribution is -2.23. The Balaban J connectivity index is 2.68. The largest absolute Gasteiger partial charge is 0.413 e. The van der Waals surface area contributed by atoms with E-state index in [1.807, 2.05) is 23.3 Å². The van der Waals surface area contributed by atoms with Gasteiger partial charge in [-0.25, -0.2) is 0 Å². The van der Waals surface area contributed by atoms with Crippen molar-refractivity contribution >= 4 is 15.9 Å². The quantitative estimate of drug-likeness (QED) is 0.398. The molecule has 0 aliphatic heterocycles. The van der Waals surface area contributed by atoms with E-state index in [9.17, 15) is 5.11 Å². The van der Waals surface area contributed by atoms with Crippen molar-refractivity contribution in [3.05, 3.63) is 47.7 Å². The van der Waals surface area contributed by atoms with Crippen LogP contribution < -0.4 is 0 Å². The van der Waals surface area contributed by atoms with Crippen LogP contribution in [0.5, 0.6) is 0 Å². The van der Waals surface area contributed by atoms with Gasteiger partial charge in [-0.05, 0) is 29.9 Å². The predicted octanol–water partition coefficient (Wildman–Crippen LogP) is 4.37. The van der Waals surface area contributed by atoms with Crippen LogP contribution in [0.1, 0.15) is 33.3 Å². The molecule has 1 N–H and O–H groups in total. The Bertz CT molecular complexity index is 448. The number of alkyl halides is 1. The first kappa shape index (κ1) is 19.2. The number of aliphatic hydroxyl groups excluding tert-OH is 1. The lowest BCUT2D eigenvalue weighted by Gasteiger charge is -2.25. The molecule has 0 saturated heterocycles. The molecule has 0 aliphatic carbocycles. The van der Waals surface area contributed by atoms with Crippen molar-refractivity contribution in [3.8, 4) is 0 Å². The summed E-state index contributed by atoms with van der Waals surface area (Å²) in [4.78, 5) is 6.19. The topological polar surface area (TPSA) is 32.7 Å². The fraction of sp³-hybridized carbons (Fsp3) is 0.556. The highest BCUT2D eigenvalue weighted by atomic mass is 79.9. The van der Waals surface area contributed by atoms with E-state index < -0.39 is 0 Å². The number of aliphatic hydroxyl groups is 1. The normalized spacial score (nSPS) is 16.4. The zero-order valence-electron chi connectivity index (χ0n) is 14.0. The molecule has 3 nitrogen and oxygen atoms in total. The van der Waals surface area contributed by atoms with Gasteiger partial charge in [-0.2, -0.15) is 0 Å². The second kappa shape index (κ2) is 10.0. The molecule has 0 aromatic heterocycles. The average Bonchev–Trinajstić information content (AvgIpc) is 2.54. The van der Waals surface area contributed by atoms with Crippen LogP contribution in [0.3, 0.4) is 0 Å². The van der Waals surface area contributed by atoms with Gasteiger partial charge in [0.1, 0.15) is 6.26 Å². The lowest BCUT2D eigenvalue weighted by molar-refractivity contribution is -0.109. The van der Waals surface area contributed by atoms with Crippen LogP contribution in [0.4, 0.5) is 0 Å². The van der Waals surface area contributed by atoms with Crippen LogP contribution in [0.2, 0.25) is 0 Å². The first-order chi connectivity index (χ1) is 10.5. The van der Waals surface area contributed by atoms with E-state index in [0.717, 1.165) is 18.7 Å². The van der Waals surface area contributed by atoms with Crippen molar-refractivity contribution in [3.63, 3.8) is 0 Å². The molecular weight excluding hydrogens is 342 g/mol. The molecule has 4 heteroatoms. The summed E-state index contributed by atoms with van der Waals surface area (Å²) in [7, 11) is 0. The van der Waals surface area contributed by atoms with Gasteiger partial charge in [0.25, 0.3) is 0 Å². The number of rotatable bonds is 9. The number of benzene rings is 1. The van der Waals surface area contributed by atoms with Gasteiger partial charge in [-0.3, -0.25) is 0 Å². The molecule has 0 spiro atoms. The molecule has 0 saturated carbocycles. The molecule has 0 fully saturated rings. The highest BCUT2D eigenvalue weighted by Crippen LogP contribution is 2.26. The first-order valence-corrected chi connectivity index (χ1v) is 8.80. The summed E-state index contributed by atoms with van der Waals surface area (Å²) in [5.41, 5.74) is 2.13. The van der Waals surface area contributed by atoms with Crippen molar-refractivity contribution in [2.24, 2.45) is 11.8 Å². The standard InChI is InChI=1S/C18H28BrNO2/c1-5-20(11-17-9-7-6-8-10-17)22-13-18(12-21)15(3)14(2)16(4)19/h6-10,13-16,21H,5,11-12H2,1-4H3/b18-13+/t14-,15?,16-/m1/s1. The summed E-state index contributed by atoms with van der Waals surface area (Å²) in [5.74, 6) is 0.681. The van der Waals surface area contributed by atoms with Gasteiger partial charge in [0.05, 0.1) is 13.2 Å². The zero-order valence-corrected chi connectivity index (χ0v) is 15.6. The molecule has 22 heavy (non-hydrogen) atoms. The third-order valence-electron chi connectivity index (χ3n) is 4.19. The van der Waals surface area contributed by atoms with Crippen molar-refractivity contribution in [2.45, 2.75) is 39.1 Å². The van der Waals surface area contributed by atoms with Gasteiger partial charge in [-0.15, -0.1) is 5.06 Å². The molecule has 1 rings (SSSR count). The van der Waals surface area contributed by atoms with Crippen LogP contribution in [0.25, 0.3) is 0 Å². The lowest BCUT2D eigenvalue weighted by atomic mass is 9.88. The van der Waals surface area contributed by atoms with Gasteiger partial charge in [-0.1, -0.05) is 67.0 Å². The molecule has 124 valence electrons. The maximum absolute atomic E-state index is 9.62. The van der Waals surface area contributed by atoms with Gasteiger partial charge >= 0.3 is 0 Å². The van der Waals surface area contributed by atoms with Crippen molar-refractivity contribution < 1.29 is 9.94 Å². The summed E-state index contributed by atoms with van der Waals surface area (Å²) < 4.78 is 0. The molecule has 0 radical (unpaired) electrons. The molecule has 0 amide bonds. The van der Waals surface area contributed by atoms with Gasteiger partial charge in [0.2, 0.25) is 0 Å². The summed E-state index contributed by atoms with van der Waals surface area (Å²) in [5, 5.41) is 11.5. The van der Waals surface area contributed by atoms with Crippen molar-refractivity contribution in [2.75, 3.05) is 13.2 Å². The van der Waals surface area contributed by atoms with Crippen LogP contribution in [-0.2, 0) is 11.4 Å². The monoisotopic (exact) mass is 369 g/mol. The van der Waals surface area contributed by atoms with Crippen LogP contribution in [0.15, 0.2) is 42.2 Å². The number of halogens is 1. The Morgan fingerprint density at radius 1 is 1.27 bits per heavy atom. The van der Waals surface area contributed by atoms with E-state index in [-0.39, 0.29) is 12.5 Å². The molecule has 1 aromatic rings. The summed E-state index contributed by atoms with van der Waals surface area (Å²) in [6.45, 7) is 10.0. The Morgan fingerprint density at radius 2 is 1.91 bits per heavy atom. The second-order valence-corrected chi connectivity index (χ2v) is 7.17. The SMILES string of the molecule is CCN(Cc1ccccc1)O/C=C(\CO)C(C)[C@@H](C)[C@@H](C)Br. The van der Waals surface area contributed by atoms with Gasteiger partial charge in [0.15, 0.2) is 0 Å². The van der Waals surface area contributed by atoms with Crippen LogP contribution in [-0.4, -0.2) is 28.1 Å². The third-order valence-corrected chi connectivity index (χ3v) is 5.02. The van der Waals surface area contributed by atoms with Gasteiger partial charge in [0, 0.05) is 11.4 Å². The van der Waals surface area contributed by atoms with Gasteiger partial charge < -0.3 is 9.94 Å². The Labute approximate surface area is 143 Å². The van der Waals surface area contributed by atoms with E-state index in [2.05, 4.69) is 55.8 Å². The predicted molar refractivity (Wildman–Crippen MR) is 95.5 cm³/mol. The van der Waals surface area contributed by atoms with E-state index in [1.54, 1.807) is 6.26 Å². The van der Waals surface area contributed by atoms with Crippen molar-refractivity contribution in [1.29, 1.82) is 0 Å². The van der Waals surface area contributed by atoms with E-state index in [1.165, 1.54) is 5.56 Å². The summed E-state index contributed by atoms with van der Waals surface area (Å²) in [6.07, 6.45) is 1.71. The number of hydrogen-bond donors (Lipinski definition) is 1. The maximum Gasteiger partial charge on any atom is 0.113 e. The second-order valence-electron chi connectivity index (χ2n) is 5.72. The fourth-order valence-corrected chi connectivity index (χ4v) is 2.63. The highest BCUT2D eigenvalue weighted by molar-refractivity contribution is 9.09. The van der Waals surface area contributed by atoms with Crippen molar-refractivity contribution in [1.82, 2.24) is 5.06 Å². The van der Waals surface area contributed by atoms with Crippen LogP contribution in [0, 0.1) is 11.8 Å². The Morgan fingerprint density at radius 3 is 2.41 bits per heavy atom. The molecule has 0 heterocycles. The smallest absolute Gasteiger partial charge is 0.113 e. The highest BCUT2D eigenvalue weighted by Gasteiger charge is 2.20. The molecule has 3 atom stereocenters. The number of hydrogen-bond acceptors (Lipinski definition) is 3.